The number of aromatic nitrogens is 1. The molecule has 148 valence electrons. The Labute approximate surface area is 173 Å². The summed E-state index contributed by atoms with van der Waals surface area (Å²) in [5.74, 6) is -0.168. The largest absolute Gasteiger partial charge is 0.352 e. The van der Waals surface area contributed by atoms with E-state index in [4.69, 9.17) is 23.2 Å². The number of piperidine rings is 1. The number of nitrogens with one attached hydrogen (secondary N) is 1. The lowest BCUT2D eigenvalue weighted by atomic mass is 9.96. The van der Waals surface area contributed by atoms with Crippen LogP contribution in [0.4, 0.5) is 0 Å². The number of amides is 2. The predicted molar refractivity (Wildman–Crippen MR) is 109 cm³/mol. The number of carbonyl (C=O) groups excluding carboxylic acids is 2. The van der Waals surface area contributed by atoms with Crippen molar-refractivity contribution in [3.8, 4) is 0 Å². The van der Waals surface area contributed by atoms with Gasteiger partial charge in [0.2, 0.25) is 0 Å². The number of rotatable bonds is 4. The van der Waals surface area contributed by atoms with Crippen LogP contribution in [0.2, 0.25) is 10.0 Å². The van der Waals surface area contributed by atoms with Crippen molar-refractivity contribution >= 4 is 35.0 Å². The van der Waals surface area contributed by atoms with Crippen LogP contribution < -0.4 is 10.9 Å². The molecule has 0 saturated carbocycles. The van der Waals surface area contributed by atoms with Crippen LogP contribution in [-0.2, 0) is 7.05 Å². The van der Waals surface area contributed by atoms with Gasteiger partial charge >= 0.3 is 0 Å². The fraction of sp³-hybridized carbons (Fsp3) is 0.350. The number of hydrogen-bond acceptors (Lipinski definition) is 3. The Bertz CT molecular complexity index is 950. The average Bonchev–Trinajstić information content (AvgIpc) is 2.70. The van der Waals surface area contributed by atoms with Gasteiger partial charge in [-0.3, -0.25) is 14.4 Å². The summed E-state index contributed by atoms with van der Waals surface area (Å²) in [6, 6.07) is 8.02. The highest BCUT2D eigenvalue weighted by molar-refractivity contribution is 6.42. The molecule has 1 fully saturated rings. The Morgan fingerprint density at radius 2 is 1.86 bits per heavy atom. The number of nitrogens with zero attached hydrogens (tertiary/aromatic N) is 2. The predicted octanol–water partition coefficient (Wildman–Crippen LogP) is 2.97. The fourth-order valence-electron chi connectivity index (χ4n) is 3.25. The lowest BCUT2D eigenvalue weighted by Crippen LogP contribution is -2.43. The van der Waals surface area contributed by atoms with Crippen molar-refractivity contribution < 1.29 is 9.59 Å². The summed E-state index contributed by atoms with van der Waals surface area (Å²) in [5, 5.41) is 3.66. The zero-order chi connectivity index (χ0) is 20.3. The molecule has 0 radical (unpaired) electrons. The molecule has 2 heterocycles. The number of halogens is 2. The van der Waals surface area contributed by atoms with Gasteiger partial charge in [0, 0.05) is 38.4 Å². The maximum atomic E-state index is 12.6. The lowest BCUT2D eigenvalue weighted by Gasteiger charge is -2.32. The van der Waals surface area contributed by atoms with Gasteiger partial charge in [0.15, 0.2) is 0 Å². The highest BCUT2D eigenvalue weighted by Crippen LogP contribution is 2.23. The van der Waals surface area contributed by atoms with Gasteiger partial charge in [-0.15, -0.1) is 0 Å². The van der Waals surface area contributed by atoms with Gasteiger partial charge in [-0.2, -0.15) is 0 Å². The lowest BCUT2D eigenvalue weighted by molar-refractivity contribution is 0.0682. The van der Waals surface area contributed by atoms with Crippen molar-refractivity contribution in [1.82, 2.24) is 14.8 Å². The Balaban J connectivity index is 1.52. The molecule has 0 atom stereocenters. The summed E-state index contributed by atoms with van der Waals surface area (Å²) >= 11 is 11.8. The zero-order valence-electron chi connectivity index (χ0n) is 15.5. The quantitative estimate of drug-likeness (QED) is 0.824. The molecule has 1 aliphatic rings. The third kappa shape index (κ3) is 4.56. The van der Waals surface area contributed by atoms with E-state index in [-0.39, 0.29) is 28.9 Å². The molecule has 1 aromatic carbocycles. The van der Waals surface area contributed by atoms with Crippen LogP contribution in [0.5, 0.6) is 0 Å². The Morgan fingerprint density at radius 3 is 2.54 bits per heavy atom. The molecule has 8 heteroatoms. The minimum absolute atomic E-state index is 0.191. The second-order valence-electron chi connectivity index (χ2n) is 6.91. The number of pyridine rings is 1. The van der Waals surface area contributed by atoms with E-state index in [0.717, 1.165) is 12.8 Å². The van der Waals surface area contributed by atoms with E-state index in [1.165, 1.54) is 4.57 Å². The van der Waals surface area contributed by atoms with E-state index in [1.54, 1.807) is 48.5 Å². The van der Waals surface area contributed by atoms with E-state index in [0.29, 0.717) is 35.2 Å². The van der Waals surface area contributed by atoms with E-state index < -0.39 is 0 Å². The first-order chi connectivity index (χ1) is 13.4. The highest BCUT2D eigenvalue weighted by Gasteiger charge is 2.25. The Morgan fingerprint density at radius 1 is 1.14 bits per heavy atom. The zero-order valence-corrected chi connectivity index (χ0v) is 17.0. The van der Waals surface area contributed by atoms with E-state index in [1.807, 2.05) is 0 Å². The number of benzene rings is 1. The first-order valence-electron chi connectivity index (χ1n) is 9.05. The van der Waals surface area contributed by atoms with Crippen LogP contribution in [0.15, 0.2) is 41.3 Å². The standard InChI is InChI=1S/C20H21Cl2N3O3/c1-24-8-2-3-15(19(24)27)20(28)25-9-6-13(7-10-25)12-23-18(26)14-4-5-16(21)17(22)11-14/h2-5,8,11,13H,6-7,9-10,12H2,1H3,(H,23,26). The molecule has 3 rings (SSSR count). The molecule has 1 aliphatic heterocycles. The van der Waals surface area contributed by atoms with Gasteiger partial charge in [0.1, 0.15) is 5.56 Å². The van der Waals surface area contributed by atoms with Crippen molar-refractivity contribution in [3.63, 3.8) is 0 Å². The molecular weight excluding hydrogens is 401 g/mol. The van der Waals surface area contributed by atoms with E-state index in [2.05, 4.69) is 5.32 Å². The fourth-order valence-corrected chi connectivity index (χ4v) is 3.55. The molecule has 1 N–H and O–H groups in total. The van der Waals surface area contributed by atoms with Crippen LogP contribution in [-0.4, -0.2) is 40.9 Å². The van der Waals surface area contributed by atoms with Gasteiger partial charge < -0.3 is 14.8 Å². The maximum absolute atomic E-state index is 12.6. The summed E-state index contributed by atoms with van der Waals surface area (Å²) in [6.07, 6.45) is 3.16. The van der Waals surface area contributed by atoms with Crippen molar-refractivity contribution in [2.45, 2.75) is 12.8 Å². The van der Waals surface area contributed by atoms with Crippen LogP contribution in [0.3, 0.4) is 0 Å². The first kappa shape index (κ1) is 20.4. The molecule has 6 nitrogen and oxygen atoms in total. The minimum Gasteiger partial charge on any atom is -0.352 e. The van der Waals surface area contributed by atoms with Gasteiger partial charge in [0.25, 0.3) is 17.4 Å². The van der Waals surface area contributed by atoms with Crippen LogP contribution in [0, 0.1) is 5.92 Å². The van der Waals surface area contributed by atoms with Gasteiger partial charge in [-0.25, -0.2) is 0 Å². The smallest absolute Gasteiger partial charge is 0.263 e. The van der Waals surface area contributed by atoms with Crippen LogP contribution >= 0.6 is 23.2 Å². The molecule has 0 aliphatic carbocycles. The minimum atomic E-state index is -0.288. The van der Waals surface area contributed by atoms with Crippen molar-refractivity contribution in [2.75, 3.05) is 19.6 Å². The molecule has 0 bridgehead atoms. The summed E-state index contributed by atoms with van der Waals surface area (Å²) < 4.78 is 1.40. The number of likely N-dealkylation sites (tertiary alicyclic amines) is 1. The molecule has 1 aromatic heterocycles. The molecule has 0 unspecified atom stereocenters. The van der Waals surface area contributed by atoms with Crippen LogP contribution in [0.25, 0.3) is 0 Å². The normalized spacial score (nSPS) is 14.8. The van der Waals surface area contributed by atoms with Crippen molar-refractivity contribution in [1.29, 1.82) is 0 Å². The molecule has 1 saturated heterocycles. The van der Waals surface area contributed by atoms with E-state index in [9.17, 15) is 14.4 Å². The number of carbonyl (C=O) groups is 2. The summed E-state index contributed by atoms with van der Waals surface area (Å²) in [4.78, 5) is 38.7. The maximum Gasteiger partial charge on any atom is 0.263 e. The Hall–Kier alpha value is -2.31. The Kier molecular flexibility index (Phi) is 6.42. The molecule has 2 amide bonds. The molecule has 2 aromatic rings. The number of aryl methyl sites for hydroxylation is 1. The summed E-state index contributed by atoms with van der Waals surface area (Å²) in [6.45, 7) is 1.64. The molecule has 0 spiro atoms. The average molecular weight is 422 g/mol. The van der Waals surface area contributed by atoms with Gasteiger partial charge in [0.05, 0.1) is 10.0 Å². The third-order valence-electron chi connectivity index (χ3n) is 4.99. The SMILES string of the molecule is Cn1cccc(C(=O)N2CCC(CNC(=O)c3ccc(Cl)c(Cl)c3)CC2)c1=O. The second-order valence-corrected chi connectivity index (χ2v) is 7.73. The summed E-state index contributed by atoms with van der Waals surface area (Å²) in [7, 11) is 1.63. The van der Waals surface area contributed by atoms with Crippen molar-refractivity contribution in [2.24, 2.45) is 13.0 Å². The second kappa shape index (κ2) is 8.80. The van der Waals surface area contributed by atoms with Gasteiger partial charge in [-0.05, 0) is 49.1 Å². The molecular formula is C20H21Cl2N3O3. The first-order valence-corrected chi connectivity index (χ1v) is 9.80. The van der Waals surface area contributed by atoms with E-state index >= 15 is 0 Å². The van der Waals surface area contributed by atoms with Gasteiger partial charge in [-0.1, -0.05) is 23.2 Å². The monoisotopic (exact) mass is 421 g/mol. The molecule has 28 heavy (non-hydrogen) atoms. The number of hydrogen-bond donors (Lipinski definition) is 1. The topological polar surface area (TPSA) is 71.4 Å². The van der Waals surface area contributed by atoms with Crippen molar-refractivity contribution in [3.05, 3.63) is 68.1 Å². The highest BCUT2D eigenvalue weighted by atomic mass is 35.5. The van der Waals surface area contributed by atoms with Crippen LogP contribution in [0.1, 0.15) is 33.6 Å². The third-order valence-corrected chi connectivity index (χ3v) is 5.73. The summed E-state index contributed by atoms with van der Waals surface area (Å²) in [5.41, 5.74) is 0.363.